The molecule has 0 amide bonds. The van der Waals surface area contributed by atoms with Crippen molar-refractivity contribution >= 4 is 17.8 Å². The highest BCUT2D eigenvalue weighted by Crippen LogP contribution is 2.26. The molecule has 0 aromatic carbocycles. The fourth-order valence-corrected chi connectivity index (χ4v) is 3.01. The molecule has 3 heterocycles. The molecule has 0 bridgehead atoms. The molecule has 0 spiro atoms. The zero-order valence-electron chi connectivity index (χ0n) is 19.3. The topological polar surface area (TPSA) is 156 Å². The lowest BCUT2D eigenvalue weighted by molar-refractivity contribution is -0.143. The Morgan fingerprint density at radius 2 is 1.71 bits per heavy atom. The maximum absolute atomic E-state index is 9.64. The van der Waals surface area contributed by atoms with E-state index in [9.17, 15) is 9.59 Å². The summed E-state index contributed by atoms with van der Waals surface area (Å²) in [6, 6.07) is 3.97. The van der Waals surface area contributed by atoms with Crippen molar-refractivity contribution in [3.05, 3.63) is 30.7 Å². The minimum Gasteiger partial charge on any atom is -0.484 e. The Hall–Kier alpha value is -3.67. The van der Waals surface area contributed by atoms with E-state index in [1.54, 1.807) is 18.6 Å². The molecule has 186 valence electrons. The first-order valence-electron chi connectivity index (χ1n) is 11.0. The summed E-state index contributed by atoms with van der Waals surface area (Å²) >= 11 is 0. The predicted octanol–water partition coefficient (Wildman–Crippen LogP) is 1.46. The number of aliphatic carboxylic acids is 2. The molecule has 1 aliphatic rings. The first-order chi connectivity index (χ1) is 16.4. The molecule has 2 aromatic rings. The molecule has 2 aromatic heterocycles. The second-order valence-electron chi connectivity index (χ2n) is 7.16. The average Bonchev–Trinajstić information content (AvgIpc) is 2.83. The number of hydrogen-bond donors (Lipinski definition) is 3. The lowest BCUT2D eigenvalue weighted by atomic mass is 10.2. The summed E-state index contributed by atoms with van der Waals surface area (Å²) in [5.41, 5.74) is 0. The van der Waals surface area contributed by atoms with Gasteiger partial charge in [0.2, 0.25) is 0 Å². The lowest BCUT2D eigenvalue weighted by Gasteiger charge is -2.35. The highest BCUT2D eigenvalue weighted by atomic mass is 16.5. The second kappa shape index (κ2) is 14.5. The number of nitrogens with zero attached hydrogens (tertiary/aromatic N) is 4. The molecule has 3 N–H and O–H groups in total. The number of aromatic nitrogens is 3. The van der Waals surface area contributed by atoms with Crippen LogP contribution in [0.25, 0.3) is 0 Å². The Morgan fingerprint density at radius 3 is 2.38 bits per heavy atom. The molecule has 1 atom stereocenters. The van der Waals surface area contributed by atoms with E-state index >= 15 is 0 Å². The number of hydrogen-bond acceptors (Lipinski definition) is 10. The molecular formula is C22H31N5O7. The number of ether oxygens (including phenoxy) is 3. The van der Waals surface area contributed by atoms with Gasteiger partial charge < -0.3 is 34.6 Å². The van der Waals surface area contributed by atoms with E-state index in [0.717, 1.165) is 25.5 Å². The highest BCUT2D eigenvalue weighted by Gasteiger charge is 2.23. The van der Waals surface area contributed by atoms with Gasteiger partial charge in [-0.05, 0) is 26.0 Å². The van der Waals surface area contributed by atoms with Crippen LogP contribution in [0, 0.1) is 0 Å². The van der Waals surface area contributed by atoms with Gasteiger partial charge in [-0.2, -0.15) is 0 Å². The van der Waals surface area contributed by atoms with E-state index in [2.05, 4.69) is 32.1 Å². The molecule has 0 aliphatic carbocycles. The van der Waals surface area contributed by atoms with Gasteiger partial charge in [-0.1, -0.05) is 0 Å². The summed E-state index contributed by atoms with van der Waals surface area (Å²) in [5, 5.41) is 19.2. The Kier molecular flexibility index (Phi) is 11.3. The molecule has 1 fully saturated rings. The smallest absolute Gasteiger partial charge is 0.303 e. The maximum atomic E-state index is 9.64. The van der Waals surface area contributed by atoms with Crippen LogP contribution in [0.15, 0.2) is 30.7 Å². The van der Waals surface area contributed by atoms with Gasteiger partial charge in [-0.3, -0.25) is 9.59 Å². The van der Waals surface area contributed by atoms with Crippen LogP contribution in [0.5, 0.6) is 17.5 Å². The number of rotatable bonds is 11. The van der Waals surface area contributed by atoms with Crippen molar-refractivity contribution in [2.24, 2.45) is 0 Å². The van der Waals surface area contributed by atoms with E-state index in [1.807, 2.05) is 19.1 Å². The van der Waals surface area contributed by atoms with Crippen molar-refractivity contribution in [3.8, 4) is 17.5 Å². The number of carboxylic acid groups (broad SMARTS) is 2. The number of carboxylic acids is 2. The van der Waals surface area contributed by atoms with Gasteiger partial charge in [0, 0.05) is 44.3 Å². The summed E-state index contributed by atoms with van der Waals surface area (Å²) in [7, 11) is 0. The van der Waals surface area contributed by atoms with Crippen LogP contribution in [0.3, 0.4) is 0 Å². The monoisotopic (exact) mass is 477 g/mol. The Labute approximate surface area is 197 Å². The van der Waals surface area contributed by atoms with Gasteiger partial charge in [0.15, 0.2) is 11.6 Å². The molecule has 12 nitrogen and oxygen atoms in total. The molecule has 12 heteroatoms. The molecule has 0 unspecified atom stereocenters. The van der Waals surface area contributed by atoms with Crippen LogP contribution in [-0.4, -0.2) is 82.6 Å². The third kappa shape index (κ3) is 9.06. The molecule has 0 radical (unpaired) electrons. The first-order valence-corrected chi connectivity index (χ1v) is 11.0. The van der Waals surface area contributed by atoms with Gasteiger partial charge in [0.05, 0.1) is 19.4 Å². The van der Waals surface area contributed by atoms with Crippen molar-refractivity contribution in [1.82, 2.24) is 20.3 Å². The molecular weight excluding hydrogens is 446 g/mol. The van der Waals surface area contributed by atoms with Crippen molar-refractivity contribution in [1.29, 1.82) is 0 Å². The van der Waals surface area contributed by atoms with Gasteiger partial charge in [0.1, 0.15) is 13.2 Å². The standard InChI is InChI=1S/C18H25N5O3.C4H6O4/c1-3-24-17-15(5-4-6-21-17)25-11-12-26-18-16(20-7-8-22-18)23-10-9-19-13-14(23)2;5-3(6)1-2-4(7)8/h4-8,14,19H,3,9-13H2,1-2H3;1-2H2,(H,5,6)(H,7,8)/t14-;/m1./s1. The number of nitrogens with one attached hydrogen (secondary N) is 1. The Morgan fingerprint density at radius 1 is 1.03 bits per heavy atom. The van der Waals surface area contributed by atoms with E-state index in [-0.39, 0.29) is 12.8 Å². The van der Waals surface area contributed by atoms with E-state index < -0.39 is 11.9 Å². The van der Waals surface area contributed by atoms with E-state index in [1.165, 1.54) is 0 Å². The first kappa shape index (κ1) is 26.6. The van der Waals surface area contributed by atoms with E-state index in [4.69, 9.17) is 24.4 Å². The summed E-state index contributed by atoms with van der Waals surface area (Å²) < 4.78 is 17.0. The minimum atomic E-state index is -1.08. The Bertz CT molecular complexity index is 901. The van der Waals surface area contributed by atoms with Crippen LogP contribution in [0.2, 0.25) is 0 Å². The molecule has 34 heavy (non-hydrogen) atoms. The van der Waals surface area contributed by atoms with Gasteiger partial charge >= 0.3 is 11.9 Å². The summed E-state index contributed by atoms with van der Waals surface area (Å²) in [6.07, 6.45) is 4.41. The van der Waals surface area contributed by atoms with Crippen molar-refractivity contribution < 1.29 is 34.0 Å². The maximum Gasteiger partial charge on any atom is 0.303 e. The van der Waals surface area contributed by atoms with Crippen molar-refractivity contribution in [3.63, 3.8) is 0 Å². The third-order valence-electron chi connectivity index (χ3n) is 4.57. The SMILES string of the molecule is CCOc1ncccc1OCCOc1nccnc1N1CCNC[C@H]1C.O=C(O)CCC(=O)O. The molecule has 1 saturated heterocycles. The fraction of sp³-hybridized carbons (Fsp3) is 0.500. The zero-order valence-corrected chi connectivity index (χ0v) is 19.3. The zero-order chi connectivity index (χ0) is 24.8. The van der Waals surface area contributed by atoms with Gasteiger partial charge in [-0.25, -0.2) is 15.0 Å². The van der Waals surface area contributed by atoms with Crippen molar-refractivity contribution in [2.75, 3.05) is 44.4 Å². The van der Waals surface area contributed by atoms with Gasteiger partial charge in [0.25, 0.3) is 11.8 Å². The number of pyridine rings is 1. The minimum absolute atomic E-state index is 0.296. The number of anilines is 1. The van der Waals surface area contributed by atoms with Crippen LogP contribution in [-0.2, 0) is 9.59 Å². The summed E-state index contributed by atoms with van der Waals surface area (Å²) in [6.45, 7) is 8.03. The van der Waals surface area contributed by atoms with Gasteiger partial charge in [-0.15, -0.1) is 0 Å². The van der Waals surface area contributed by atoms with E-state index in [0.29, 0.717) is 43.4 Å². The van der Waals surface area contributed by atoms with Crippen LogP contribution < -0.4 is 24.4 Å². The lowest BCUT2D eigenvalue weighted by Crippen LogP contribution is -2.50. The van der Waals surface area contributed by atoms with Crippen LogP contribution >= 0.6 is 0 Å². The normalized spacial score (nSPS) is 15.0. The number of carbonyl (C=O) groups is 2. The number of piperazine rings is 1. The molecule has 0 saturated carbocycles. The van der Waals surface area contributed by atoms with Crippen molar-refractivity contribution in [2.45, 2.75) is 32.7 Å². The van der Waals surface area contributed by atoms with Crippen LogP contribution in [0.4, 0.5) is 5.82 Å². The molecule has 1 aliphatic heterocycles. The second-order valence-corrected chi connectivity index (χ2v) is 7.16. The Balaban J connectivity index is 0.000000440. The largest absolute Gasteiger partial charge is 0.484 e. The predicted molar refractivity (Wildman–Crippen MR) is 123 cm³/mol. The highest BCUT2D eigenvalue weighted by molar-refractivity contribution is 5.75. The third-order valence-corrected chi connectivity index (χ3v) is 4.57. The summed E-state index contributed by atoms with van der Waals surface area (Å²) in [4.78, 5) is 34.5. The fourth-order valence-electron chi connectivity index (χ4n) is 3.01. The molecule has 3 rings (SSSR count). The average molecular weight is 478 g/mol. The van der Waals surface area contributed by atoms with Crippen LogP contribution in [0.1, 0.15) is 26.7 Å². The quantitative estimate of drug-likeness (QED) is 0.401. The summed E-state index contributed by atoms with van der Waals surface area (Å²) in [5.74, 6) is 0.247.